The van der Waals surface area contributed by atoms with Crippen molar-refractivity contribution < 1.29 is 9.72 Å². The molecule has 0 saturated heterocycles. The van der Waals surface area contributed by atoms with Crippen molar-refractivity contribution in [3.63, 3.8) is 0 Å². The van der Waals surface area contributed by atoms with Gasteiger partial charge in [-0.3, -0.25) is 14.9 Å². The van der Waals surface area contributed by atoms with E-state index in [9.17, 15) is 14.9 Å². The topological polar surface area (TPSA) is 72.2 Å². The number of anilines is 1. The third kappa shape index (κ3) is 3.58. The van der Waals surface area contributed by atoms with Crippen molar-refractivity contribution in [2.45, 2.75) is 13.8 Å². The Kier molecular flexibility index (Phi) is 4.23. The number of nitro groups is 1. The quantitative estimate of drug-likeness (QED) is 0.685. The summed E-state index contributed by atoms with van der Waals surface area (Å²) in [7, 11) is 0. The minimum absolute atomic E-state index is 0.119. The average molecular weight is 305 g/mol. The van der Waals surface area contributed by atoms with Crippen molar-refractivity contribution in [3.05, 3.63) is 68.2 Å². The number of amides is 1. The average Bonchev–Trinajstić information content (AvgIpc) is 2.39. The van der Waals surface area contributed by atoms with Crippen molar-refractivity contribution in [1.82, 2.24) is 0 Å². The number of nitrogens with one attached hydrogen (secondary N) is 1. The van der Waals surface area contributed by atoms with Crippen LogP contribution in [0.4, 0.5) is 11.4 Å². The smallest absolute Gasteiger partial charge is 0.294 e. The van der Waals surface area contributed by atoms with Crippen LogP contribution < -0.4 is 5.32 Å². The predicted octanol–water partition coefficient (Wildman–Crippen LogP) is 4.12. The first-order chi connectivity index (χ1) is 9.86. The number of carbonyl (C=O) groups excluding carboxylic acids is 1. The fourth-order valence-electron chi connectivity index (χ4n) is 2.06. The van der Waals surface area contributed by atoms with Crippen LogP contribution in [0.25, 0.3) is 0 Å². The van der Waals surface area contributed by atoms with Gasteiger partial charge in [0.1, 0.15) is 5.69 Å². The molecule has 0 spiro atoms. The molecule has 0 aliphatic rings. The largest absolute Gasteiger partial charge is 0.316 e. The van der Waals surface area contributed by atoms with Gasteiger partial charge >= 0.3 is 0 Å². The molecule has 2 aromatic carbocycles. The molecule has 0 aromatic heterocycles. The SMILES string of the molecule is Cc1cc(C)cc(C(=O)Nc2ccc(Cl)cc2[N+](=O)[O-])c1. The maximum atomic E-state index is 12.2. The summed E-state index contributed by atoms with van der Waals surface area (Å²) in [5.41, 5.74) is 2.24. The van der Waals surface area contributed by atoms with E-state index in [1.54, 1.807) is 12.1 Å². The van der Waals surface area contributed by atoms with Gasteiger partial charge in [-0.05, 0) is 38.1 Å². The van der Waals surface area contributed by atoms with E-state index in [1.165, 1.54) is 18.2 Å². The van der Waals surface area contributed by atoms with Crippen molar-refractivity contribution in [3.8, 4) is 0 Å². The van der Waals surface area contributed by atoms with E-state index in [2.05, 4.69) is 5.32 Å². The zero-order valence-corrected chi connectivity index (χ0v) is 12.3. The molecule has 5 nitrogen and oxygen atoms in total. The molecule has 108 valence electrons. The van der Waals surface area contributed by atoms with Crippen LogP contribution in [0.1, 0.15) is 21.5 Å². The van der Waals surface area contributed by atoms with Gasteiger partial charge in [-0.25, -0.2) is 0 Å². The standard InChI is InChI=1S/C15H13ClN2O3/c1-9-5-10(2)7-11(6-9)15(19)17-13-4-3-12(16)8-14(13)18(20)21/h3-8H,1-2H3,(H,17,19). The Morgan fingerprint density at radius 1 is 1.14 bits per heavy atom. The number of nitrogens with zero attached hydrogens (tertiary/aromatic N) is 1. The van der Waals surface area contributed by atoms with Gasteiger partial charge in [0.05, 0.1) is 4.92 Å². The second kappa shape index (κ2) is 5.93. The van der Waals surface area contributed by atoms with Crippen LogP contribution in [-0.2, 0) is 0 Å². The minimum atomic E-state index is -0.580. The van der Waals surface area contributed by atoms with Crippen LogP contribution in [0.15, 0.2) is 36.4 Å². The Bertz CT molecular complexity index is 709. The normalized spacial score (nSPS) is 10.2. The molecule has 0 bridgehead atoms. The fraction of sp³-hybridized carbons (Fsp3) is 0.133. The van der Waals surface area contributed by atoms with E-state index in [0.29, 0.717) is 5.56 Å². The molecule has 1 N–H and O–H groups in total. The molecule has 0 aliphatic carbocycles. The van der Waals surface area contributed by atoms with Gasteiger partial charge < -0.3 is 5.32 Å². The lowest BCUT2D eigenvalue weighted by molar-refractivity contribution is -0.383. The van der Waals surface area contributed by atoms with Crippen molar-refractivity contribution in [2.24, 2.45) is 0 Å². The summed E-state index contributed by atoms with van der Waals surface area (Å²) in [6.45, 7) is 3.77. The van der Waals surface area contributed by atoms with Gasteiger partial charge in [0.25, 0.3) is 11.6 Å². The number of benzene rings is 2. The molecule has 0 fully saturated rings. The highest BCUT2D eigenvalue weighted by Crippen LogP contribution is 2.28. The molecule has 0 radical (unpaired) electrons. The summed E-state index contributed by atoms with van der Waals surface area (Å²) in [6, 6.07) is 9.51. The molecular formula is C15H13ClN2O3. The Morgan fingerprint density at radius 2 is 1.76 bits per heavy atom. The van der Waals surface area contributed by atoms with Crippen LogP contribution in [0.5, 0.6) is 0 Å². The number of rotatable bonds is 3. The number of nitro benzene ring substituents is 1. The fourth-order valence-corrected chi connectivity index (χ4v) is 2.23. The van der Waals surface area contributed by atoms with E-state index in [0.717, 1.165) is 11.1 Å². The summed E-state index contributed by atoms with van der Waals surface area (Å²) >= 11 is 5.74. The molecular weight excluding hydrogens is 292 g/mol. The zero-order valence-electron chi connectivity index (χ0n) is 11.5. The summed E-state index contributed by atoms with van der Waals surface area (Å²) in [5, 5.41) is 13.8. The first kappa shape index (κ1) is 15.0. The number of carbonyl (C=O) groups is 1. The van der Waals surface area contributed by atoms with E-state index in [1.807, 2.05) is 19.9 Å². The molecule has 0 unspecified atom stereocenters. The van der Waals surface area contributed by atoms with Gasteiger partial charge in [0.15, 0.2) is 0 Å². The third-order valence-electron chi connectivity index (χ3n) is 2.89. The summed E-state index contributed by atoms with van der Waals surface area (Å²) < 4.78 is 0. The zero-order chi connectivity index (χ0) is 15.6. The van der Waals surface area contributed by atoms with Crippen LogP contribution in [-0.4, -0.2) is 10.8 Å². The molecule has 0 saturated carbocycles. The van der Waals surface area contributed by atoms with Gasteiger partial charge in [0, 0.05) is 16.7 Å². The number of aryl methyl sites for hydroxylation is 2. The van der Waals surface area contributed by atoms with Gasteiger partial charge in [-0.15, -0.1) is 0 Å². The molecule has 2 rings (SSSR count). The van der Waals surface area contributed by atoms with Crippen LogP contribution in [0, 0.1) is 24.0 Å². The Morgan fingerprint density at radius 3 is 2.33 bits per heavy atom. The van der Waals surface area contributed by atoms with E-state index in [4.69, 9.17) is 11.6 Å². The van der Waals surface area contributed by atoms with Crippen molar-refractivity contribution >= 4 is 28.9 Å². The molecule has 6 heteroatoms. The van der Waals surface area contributed by atoms with Crippen LogP contribution >= 0.6 is 11.6 Å². The minimum Gasteiger partial charge on any atom is -0.316 e. The first-order valence-corrected chi connectivity index (χ1v) is 6.58. The van der Waals surface area contributed by atoms with Crippen LogP contribution in [0.2, 0.25) is 5.02 Å². The van der Waals surface area contributed by atoms with E-state index in [-0.39, 0.29) is 16.4 Å². The Labute approximate surface area is 126 Å². The third-order valence-corrected chi connectivity index (χ3v) is 3.12. The molecule has 2 aromatic rings. The molecule has 0 atom stereocenters. The lowest BCUT2D eigenvalue weighted by atomic mass is 10.1. The van der Waals surface area contributed by atoms with Crippen LogP contribution in [0.3, 0.4) is 0 Å². The Hall–Kier alpha value is -2.40. The highest BCUT2D eigenvalue weighted by molar-refractivity contribution is 6.31. The summed E-state index contributed by atoms with van der Waals surface area (Å²) in [6.07, 6.45) is 0. The number of hydrogen-bond acceptors (Lipinski definition) is 3. The van der Waals surface area contributed by atoms with Crippen molar-refractivity contribution in [1.29, 1.82) is 0 Å². The molecule has 21 heavy (non-hydrogen) atoms. The van der Waals surface area contributed by atoms with Crippen molar-refractivity contribution in [2.75, 3.05) is 5.32 Å². The summed E-state index contributed by atoms with van der Waals surface area (Å²) in [5.74, 6) is -0.396. The van der Waals surface area contributed by atoms with Gasteiger partial charge in [-0.1, -0.05) is 28.8 Å². The second-order valence-corrected chi connectivity index (χ2v) is 5.19. The first-order valence-electron chi connectivity index (χ1n) is 6.20. The maximum Gasteiger partial charge on any atom is 0.294 e. The maximum absolute atomic E-state index is 12.2. The highest BCUT2D eigenvalue weighted by Gasteiger charge is 2.17. The predicted molar refractivity (Wildman–Crippen MR) is 82.0 cm³/mol. The Balaban J connectivity index is 2.33. The number of hydrogen-bond donors (Lipinski definition) is 1. The molecule has 1 amide bonds. The lowest BCUT2D eigenvalue weighted by Crippen LogP contribution is -2.13. The second-order valence-electron chi connectivity index (χ2n) is 4.75. The monoisotopic (exact) mass is 304 g/mol. The lowest BCUT2D eigenvalue weighted by Gasteiger charge is -2.08. The highest BCUT2D eigenvalue weighted by atomic mass is 35.5. The van der Waals surface area contributed by atoms with Gasteiger partial charge in [0.2, 0.25) is 0 Å². The van der Waals surface area contributed by atoms with E-state index < -0.39 is 10.8 Å². The number of halogens is 1. The van der Waals surface area contributed by atoms with E-state index >= 15 is 0 Å². The molecule has 0 heterocycles. The summed E-state index contributed by atoms with van der Waals surface area (Å²) in [4.78, 5) is 22.6. The molecule has 0 aliphatic heterocycles. The van der Waals surface area contributed by atoms with Gasteiger partial charge in [-0.2, -0.15) is 0 Å².